The van der Waals surface area contributed by atoms with Gasteiger partial charge in [-0.1, -0.05) is 19.0 Å². The van der Waals surface area contributed by atoms with Gasteiger partial charge in [0.05, 0.1) is 12.6 Å². The maximum Gasteiger partial charge on any atom is 0.226 e. The van der Waals surface area contributed by atoms with E-state index < -0.39 is 0 Å². The molecule has 0 radical (unpaired) electrons. The lowest BCUT2D eigenvalue weighted by Gasteiger charge is -2.34. The van der Waals surface area contributed by atoms with Crippen molar-refractivity contribution in [3.63, 3.8) is 0 Å². The Kier molecular flexibility index (Phi) is 5.30. The molecule has 1 aliphatic rings. The molecule has 0 aliphatic carbocycles. The highest BCUT2D eigenvalue weighted by Gasteiger charge is 2.20. The van der Waals surface area contributed by atoms with Gasteiger partial charge in [0.2, 0.25) is 5.89 Å². The third-order valence-corrected chi connectivity index (χ3v) is 3.58. The SMILES string of the molecule is CCc1nc(CN2CCN(C[C@H](O)CC)CC2)no1. The first-order chi connectivity index (χ1) is 9.21. The van der Waals surface area contributed by atoms with E-state index in [4.69, 9.17) is 4.52 Å². The topological polar surface area (TPSA) is 65.6 Å². The van der Waals surface area contributed by atoms with Crippen LogP contribution in [0.25, 0.3) is 0 Å². The molecule has 1 aliphatic heterocycles. The van der Waals surface area contributed by atoms with E-state index in [9.17, 15) is 5.11 Å². The minimum atomic E-state index is -0.198. The highest BCUT2D eigenvalue weighted by molar-refractivity contribution is 4.87. The van der Waals surface area contributed by atoms with E-state index in [1.54, 1.807) is 0 Å². The molecule has 108 valence electrons. The Labute approximate surface area is 114 Å². The maximum atomic E-state index is 9.65. The van der Waals surface area contributed by atoms with Crippen molar-refractivity contribution in [1.29, 1.82) is 0 Å². The second-order valence-electron chi connectivity index (χ2n) is 5.10. The van der Waals surface area contributed by atoms with E-state index >= 15 is 0 Å². The Morgan fingerprint density at radius 3 is 2.47 bits per heavy atom. The lowest BCUT2D eigenvalue weighted by molar-refractivity contribution is 0.0676. The standard InChI is InChI=1S/C13H24N4O2/c1-3-11(18)9-16-5-7-17(8-6-16)10-12-14-13(4-2)19-15-12/h11,18H,3-10H2,1-2H3/t11-/m1/s1. The molecule has 1 fully saturated rings. The molecule has 0 aromatic carbocycles. The molecule has 1 N–H and O–H groups in total. The number of rotatable bonds is 6. The van der Waals surface area contributed by atoms with Crippen molar-refractivity contribution in [2.75, 3.05) is 32.7 Å². The zero-order valence-electron chi connectivity index (χ0n) is 11.9. The van der Waals surface area contributed by atoms with Gasteiger partial charge in [-0.15, -0.1) is 0 Å². The van der Waals surface area contributed by atoms with Gasteiger partial charge in [-0.3, -0.25) is 9.80 Å². The maximum absolute atomic E-state index is 9.65. The van der Waals surface area contributed by atoms with E-state index in [1.807, 2.05) is 13.8 Å². The molecule has 0 bridgehead atoms. The van der Waals surface area contributed by atoms with Gasteiger partial charge in [0.15, 0.2) is 5.82 Å². The van der Waals surface area contributed by atoms with Crippen molar-refractivity contribution in [2.45, 2.75) is 39.3 Å². The van der Waals surface area contributed by atoms with Gasteiger partial charge in [-0.2, -0.15) is 4.98 Å². The average molecular weight is 268 g/mol. The van der Waals surface area contributed by atoms with E-state index in [2.05, 4.69) is 19.9 Å². The monoisotopic (exact) mass is 268 g/mol. The molecule has 1 aromatic heterocycles. The molecule has 0 spiro atoms. The number of aliphatic hydroxyl groups is 1. The molecule has 2 heterocycles. The molecule has 6 nitrogen and oxygen atoms in total. The van der Waals surface area contributed by atoms with Gasteiger partial charge in [0.25, 0.3) is 0 Å². The van der Waals surface area contributed by atoms with Crippen LogP contribution in [0.2, 0.25) is 0 Å². The van der Waals surface area contributed by atoms with Crippen LogP contribution in [0.4, 0.5) is 0 Å². The number of piperazine rings is 1. The third kappa shape index (κ3) is 4.26. The number of β-amino-alcohol motifs (C(OH)–C–C–N with tert-alkyl or cyclic N) is 1. The van der Waals surface area contributed by atoms with Crippen LogP contribution in [-0.4, -0.2) is 63.9 Å². The number of aliphatic hydroxyl groups excluding tert-OH is 1. The van der Waals surface area contributed by atoms with Crippen LogP contribution in [0.5, 0.6) is 0 Å². The number of aryl methyl sites for hydroxylation is 1. The molecule has 0 unspecified atom stereocenters. The summed E-state index contributed by atoms with van der Waals surface area (Å²) in [7, 11) is 0. The molecule has 2 rings (SSSR count). The fourth-order valence-electron chi connectivity index (χ4n) is 2.26. The summed E-state index contributed by atoms with van der Waals surface area (Å²) in [6.45, 7) is 9.54. The number of aromatic nitrogens is 2. The summed E-state index contributed by atoms with van der Waals surface area (Å²) >= 11 is 0. The summed E-state index contributed by atoms with van der Waals surface area (Å²) in [5.74, 6) is 1.48. The molecule has 1 atom stereocenters. The summed E-state index contributed by atoms with van der Waals surface area (Å²) < 4.78 is 5.11. The fourth-order valence-corrected chi connectivity index (χ4v) is 2.26. The van der Waals surface area contributed by atoms with Crippen molar-refractivity contribution in [3.05, 3.63) is 11.7 Å². The van der Waals surface area contributed by atoms with E-state index in [1.165, 1.54) is 0 Å². The van der Waals surface area contributed by atoms with Crippen LogP contribution < -0.4 is 0 Å². The molecule has 6 heteroatoms. The van der Waals surface area contributed by atoms with Gasteiger partial charge in [-0.05, 0) is 6.42 Å². The summed E-state index contributed by atoms with van der Waals surface area (Å²) in [5, 5.41) is 13.6. The smallest absolute Gasteiger partial charge is 0.226 e. The second-order valence-corrected chi connectivity index (χ2v) is 5.10. The van der Waals surface area contributed by atoms with Crippen LogP contribution in [0.15, 0.2) is 4.52 Å². The van der Waals surface area contributed by atoms with E-state index in [-0.39, 0.29) is 6.10 Å². The minimum Gasteiger partial charge on any atom is -0.392 e. The molecule has 1 saturated heterocycles. The molecular formula is C13H24N4O2. The Hall–Kier alpha value is -0.980. The second kappa shape index (κ2) is 6.98. The highest BCUT2D eigenvalue weighted by atomic mass is 16.5. The summed E-state index contributed by atoms with van der Waals surface area (Å²) in [6.07, 6.45) is 1.41. The zero-order chi connectivity index (χ0) is 13.7. The first-order valence-electron chi connectivity index (χ1n) is 7.15. The van der Waals surface area contributed by atoms with Gasteiger partial charge in [0.1, 0.15) is 0 Å². The molecule has 0 saturated carbocycles. The fraction of sp³-hybridized carbons (Fsp3) is 0.846. The Morgan fingerprint density at radius 1 is 1.21 bits per heavy atom. The normalized spacial score (nSPS) is 19.7. The van der Waals surface area contributed by atoms with Gasteiger partial charge in [-0.25, -0.2) is 0 Å². The van der Waals surface area contributed by atoms with Gasteiger partial charge >= 0.3 is 0 Å². The Balaban J connectivity index is 1.74. The first kappa shape index (κ1) is 14.4. The van der Waals surface area contributed by atoms with E-state index in [0.29, 0.717) is 5.89 Å². The van der Waals surface area contributed by atoms with Crippen molar-refractivity contribution in [2.24, 2.45) is 0 Å². The Bertz CT molecular complexity index is 374. The van der Waals surface area contributed by atoms with E-state index in [0.717, 1.165) is 57.9 Å². The lowest BCUT2D eigenvalue weighted by atomic mass is 10.2. The van der Waals surface area contributed by atoms with Crippen molar-refractivity contribution >= 4 is 0 Å². The Morgan fingerprint density at radius 2 is 1.89 bits per heavy atom. The van der Waals surface area contributed by atoms with Gasteiger partial charge < -0.3 is 9.63 Å². The predicted octanol–water partition coefficient (Wildman–Crippen LogP) is 0.520. The van der Waals surface area contributed by atoms with Crippen LogP contribution in [-0.2, 0) is 13.0 Å². The van der Waals surface area contributed by atoms with Crippen LogP contribution in [0.1, 0.15) is 32.0 Å². The van der Waals surface area contributed by atoms with Crippen molar-refractivity contribution < 1.29 is 9.63 Å². The van der Waals surface area contributed by atoms with Gasteiger partial charge in [0, 0.05) is 39.1 Å². The molecular weight excluding hydrogens is 244 g/mol. The zero-order valence-corrected chi connectivity index (χ0v) is 11.9. The number of hydrogen-bond donors (Lipinski definition) is 1. The van der Waals surface area contributed by atoms with Crippen molar-refractivity contribution in [1.82, 2.24) is 19.9 Å². The average Bonchev–Trinajstić information content (AvgIpc) is 2.88. The van der Waals surface area contributed by atoms with Crippen molar-refractivity contribution in [3.8, 4) is 0 Å². The molecule has 19 heavy (non-hydrogen) atoms. The van der Waals surface area contributed by atoms with Crippen LogP contribution in [0, 0.1) is 0 Å². The predicted molar refractivity (Wildman–Crippen MR) is 71.7 cm³/mol. The largest absolute Gasteiger partial charge is 0.392 e. The third-order valence-electron chi connectivity index (χ3n) is 3.58. The molecule has 0 amide bonds. The highest BCUT2D eigenvalue weighted by Crippen LogP contribution is 2.08. The number of hydrogen-bond acceptors (Lipinski definition) is 6. The number of nitrogens with zero attached hydrogens (tertiary/aromatic N) is 4. The quantitative estimate of drug-likeness (QED) is 0.811. The summed E-state index contributed by atoms with van der Waals surface area (Å²) in [5.41, 5.74) is 0. The van der Waals surface area contributed by atoms with Crippen LogP contribution in [0.3, 0.4) is 0 Å². The lowest BCUT2D eigenvalue weighted by Crippen LogP contribution is -2.48. The first-order valence-corrected chi connectivity index (χ1v) is 7.15. The summed E-state index contributed by atoms with van der Waals surface area (Å²) in [6, 6.07) is 0. The minimum absolute atomic E-state index is 0.198. The summed E-state index contributed by atoms with van der Waals surface area (Å²) in [4.78, 5) is 8.98. The van der Waals surface area contributed by atoms with Crippen LogP contribution >= 0.6 is 0 Å². The molecule has 1 aromatic rings.